The van der Waals surface area contributed by atoms with Crippen LogP contribution in [-0.2, 0) is 19.1 Å². The molecule has 36 heavy (non-hydrogen) atoms. The monoisotopic (exact) mass is 499 g/mol. The number of nitrogens with one attached hydrogen (secondary N) is 1. The molecule has 9 nitrogen and oxygen atoms in total. The van der Waals surface area contributed by atoms with Crippen LogP contribution in [0.3, 0.4) is 0 Å². The SMILES string of the molecule is CCOC(=O)c1[nH]c(C)c(/C(O)=C2\C(=O)C(=O)N(CCN3CCOCC3)C2c2ccccc2F)c1C. The zero-order valence-corrected chi connectivity index (χ0v) is 20.6. The Morgan fingerprint density at radius 1 is 1.19 bits per heavy atom. The molecule has 2 saturated heterocycles. The van der Waals surface area contributed by atoms with Crippen molar-refractivity contribution in [2.45, 2.75) is 26.8 Å². The number of aliphatic hydroxyl groups is 1. The van der Waals surface area contributed by atoms with Crippen LogP contribution in [0.25, 0.3) is 5.76 Å². The van der Waals surface area contributed by atoms with Gasteiger partial charge in [0.2, 0.25) is 0 Å². The average Bonchev–Trinajstić information content (AvgIpc) is 3.30. The van der Waals surface area contributed by atoms with Crippen LogP contribution in [0.15, 0.2) is 29.8 Å². The smallest absolute Gasteiger partial charge is 0.355 e. The summed E-state index contributed by atoms with van der Waals surface area (Å²) in [5, 5.41) is 11.4. The molecule has 0 spiro atoms. The third kappa shape index (κ3) is 4.66. The van der Waals surface area contributed by atoms with Gasteiger partial charge in [-0.3, -0.25) is 14.5 Å². The number of halogens is 1. The number of carbonyl (C=O) groups excluding carboxylic acids is 3. The molecule has 1 atom stereocenters. The number of rotatable bonds is 7. The number of morpholine rings is 1. The molecule has 1 aromatic heterocycles. The van der Waals surface area contributed by atoms with E-state index in [-0.39, 0.29) is 35.5 Å². The Hall–Kier alpha value is -3.50. The second-order valence-electron chi connectivity index (χ2n) is 8.81. The van der Waals surface area contributed by atoms with Crippen molar-refractivity contribution in [1.29, 1.82) is 0 Å². The van der Waals surface area contributed by atoms with E-state index in [1.165, 1.54) is 23.1 Å². The Bertz CT molecular complexity index is 1210. The number of aliphatic hydroxyl groups excluding tert-OH is 1. The minimum Gasteiger partial charge on any atom is -0.507 e. The number of carbonyl (C=O) groups is 3. The quantitative estimate of drug-likeness (QED) is 0.261. The summed E-state index contributed by atoms with van der Waals surface area (Å²) in [6.07, 6.45) is 0. The molecule has 2 aliphatic heterocycles. The predicted molar refractivity (Wildman–Crippen MR) is 129 cm³/mol. The van der Waals surface area contributed by atoms with Crippen molar-refractivity contribution in [3.05, 3.63) is 63.7 Å². The minimum atomic E-state index is -1.12. The van der Waals surface area contributed by atoms with Crippen molar-refractivity contribution in [3.8, 4) is 0 Å². The normalized spacial score (nSPS) is 20.2. The molecule has 192 valence electrons. The molecule has 0 radical (unpaired) electrons. The summed E-state index contributed by atoms with van der Waals surface area (Å²) in [6, 6.07) is 4.77. The molecule has 2 N–H and O–H groups in total. The highest BCUT2D eigenvalue weighted by atomic mass is 19.1. The molecule has 0 aliphatic carbocycles. The summed E-state index contributed by atoms with van der Waals surface area (Å²) < 4.78 is 25.4. The lowest BCUT2D eigenvalue weighted by Crippen LogP contribution is -2.42. The second kappa shape index (κ2) is 10.6. The number of likely N-dealkylation sites (tertiary alicyclic amines) is 1. The van der Waals surface area contributed by atoms with Gasteiger partial charge in [0.1, 0.15) is 17.3 Å². The first-order chi connectivity index (χ1) is 17.3. The standard InChI is InChI=1S/C26H30FN3O6/c1-4-36-26(34)21-15(2)19(16(3)28-21)23(31)20-22(17-7-5-6-8-18(17)27)30(25(33)24(20)32)10-9-29-11-13-35-14-12-29/h5-8,22,28,31H,4,9-14H2,1-3H3/b23-20+. The van der Waals surface area contributed by atoms with Crippen LogP contribution in [0, 0.1) is 19.7 Å². The van der Waals surface area contributed by atoms with E-state index in [9.17, 15) is 19.5 Å². The number of esters is 1. The molecule has 2 aliphatic rings. The molecule has 0 saturated carbocycles. The molecule has 2 fully saturated rings. The fraction of sp³-hybridized carbons (Fsp3) is 0.423. The van der Waals surface area contributed by atoms with Gasteiger partial charge in [0, 0.05) is 43.0 Å². The minimum absolute atomic E-state index is 0.108. The molecule has 10 heteroatoms. The van der Waals surface area contributed by atoms with Crippen molar-refractivity contribution < 1.29 is 33.4 Å². The van der Waals surface area contributed by atoms with Crippen LogP contribution in [0.2, 0.25) is 0 Å². The molecule has 4 rings (SSSR count). The van der Waals surface area contributed by atoms with Crippen LogP contribution in [-0.4, -0.2) is 83.5 Å². The number of aromatic nitrogens is 1. The first-order valence-corrected chi connectivity index (χ1v) is 12.0. The van der Waals surface area contributed by atoms with Gasteiger partial charge in [0.25, 0.3) is 11.7 Å². The summed E-state index contributed by atoms with van der Waals surface area (Å²) in [5.74, 6) is -3.37. The second-order valence-corrected chi connectivity index (χ2v) is 8.81. The third-order valence-electron chi connectivity index (χ3n) is 6.65. The Kier molecular flexibility index (Phi) is 7.56. The van der Waals surface area contributed by atoms with E-state index in [0.717, 1.165) is 0 Å². The highest BCUT2D eigenvalue weighted by molar-refractivity contribution is 6.46. The van der Waals surface area contributed by atoms with E-state index in [1.54, 1.807) is 26.8 Å². The number of ketones is 1. The first-order valence-electron chi connectivity index (χ1n) is 12.0. The van der Waals surface area contributed by atoms with Crippen molar-refractivity contribution in [2.75, 3.05) is 46.0 Å². The van der Waals surface area contributed by atoms with E-state index in [0.29, 0.717) is 44.1 Å². The highest BCUT2D eigenvalue weighted by Crippen LogP contribution is 2.41. The largest absolute Gasteiger partial charge is 0.507 e. The number of aryl methyl sites for hydroxylation is 1. The fourth-order valence-electron chi connectivity index (χ4n) is 4.85. The van der Waals surface area contributed by atoms with E-state index >= 15 is 4.39 Å². The van der Waals surface area contributed by atoms with Crippen LogP contribution < -0.4 is 0 Å². The lowest BCUT2D eigenvalue weighted by molar-refractivity contribution is -0.140. The number of Topliss-reactive ketones (excluding diaryl/α,β-unsaturated/α-hetero) is 1. The van der Waals surface area contributed by atoms with E-state index < -0.39 is 35.3 Å². The number of H-pyrrole nitrogens is 1. The average molecular weight is 500 g/mol. The molecule has 1 unspecified atom stereocenters. The summed E-state index contributed by atoms with van der Waals surface area (Å²) in [7, 11) is 0. The van der Waals surface area contributed by atoms with Gasteiger partial charge >= 0.3 is 5.97 Å². The predicted octanol–water partition coefficient (Wildman–Crippen LogP) is 2.70. The number of amides is 1. The number of ether oxygens (including phenoxy) is 2. The summed E-state index contributed by atoms with van der Waals surface area (Å²) >= 11 is 0. The topological polar surface area (TPSA) is 112 Å². The Morgan fingerprint density at radius 3 is 2.56 bits per heavy atom. The Balaban J connectivity index is 1.80. The first kappa shape index (κ1) is 25.6. The van der Waals surface area contributed by atoms with E-state index in [2.05, 4.69) is 9.88 Å². The molecular weight excluding hydrogens is 469 g/mol. The van der Waals surface area contributed by atoms with Gasteiger partial charge in [-0.1, -0.05) is 18.2 Å². The Labute approximate surface area is 208 Å². The van der Waals surface area contributed by atoms with Gasteiger partial charge in [-0.25, -0.2) is 9.18 Å². The lowest BCUT2D eigenvalue weighted by atomic mass is 9.93. The van der Waals surface area contributed by atoms with Crippen molar-refractivity contribution in [3.63, 3.8) is 0 Å². The van der Waals surface area contributed by atoms with Gasteiger partial charge in [0.15, 0.2) is 0 Å². The zero-order valence-electron chi connectivity index (χ0n) is 20.6. The number of hydrogen-bond donors (Lipinski definition) is 2. The highest BCUT2D eigenvalue weighted by Gasteiger charge is 2.47. The maximum Gasteiger partial charge on any atom is 0.355 e. The number of benzene rings is 1. The molecule has 1 amide bonds. The third-order valence-corrected chi connectivity index (χ3v) is 6.65. The Morgan fingerprint density at radius 2 is 1.89 bits per heavy atom. The number of hydrogen-bond acceptors (Lipinski definition) is 7. The molecule has 2 aromatic rings. The molecule has 3 heterocycles. The van der Waals surface area contributed by atoms with Crippen LogP contribution >= 0.6 is 0 Å². The maximum absolute atomic E-state index is 15.0. The van der Waals surface area contributed by atoms with Gasteiger partial charge in [-0.05, 0) is 32.4 Å². The summed E-state index contributed by atoms with van der Waals surface area (Å²) in [6.45, 7) is 8.25. The van der Waals surface area contributed by atoms with Crippen molar-refractivity contribution in [2.24, 2.45) is 0 Å². The number of aromatic amines is 1. The van der Waals surface area contributed by atoms with E-state index in [1.807, 2.05) is 0 Å². The fourth-order valence-corrected chi connectivity index (χ4v) is 4.85. The lowest BCUT2D eigenvalue weighted by Gasteiger charge is -2.31. The van der Waals surface area contributed by atoms with Crippen molar-refractivity contribution in [1.82, 2.24) is 14.8 Å². The van der Waals surface area contributed by atoms with Gasteiger partial charge in [-0.2, -0.15) is 0 Å². The van der Waals surface area contributed by atoms with Gasteiger partial charge < -0.3 is 24.5 Å². The summed E-state index contributed by atoms with van der Waals surface area (Å²) in [4.78, 5) is 45.1. The molecule has 0 bridgehead atoms. The van der Waals surface area contributed by atoms with Gasteiger partial charge in [-0.15, -0.1) is 0 Å². The maximum atomic E-state index is 15.0. The van der Waals surface area contributed by atoms with Crippen LogP contribution in [0.4, 0.5) is 4.39 Å². The van der Waals surface area contributed by atoms with E-state index in [4.69, 9.17) is 9.47 Å². The van der Waals surface area contributed by atoms with Crippen LogP contribution in [0.1, 0.15) is 45.8 Å². The molecule has 1 aromatic carbocycles. The zero-order chi connectivity index (χ0) is 26.0. The van der Waals surface area contributed by atoms with Crippen LogP contribution in [0.5, 0.6) is 0 Å². The molecular formula is C26H30FN3O6. The number of nitrogens with zero attached hydrogens (tertiary/aromatic N) is 2. The summed E-state index contributed by atoms with van der Waals surface area (Å²) in [5.41, 5.74) is 1.03. The van der Waals surface area contributed by atoms with Gasteiger partial charge in [0.05, 0.1) is 31.4 Å². The van der Waals surface area contributed by atoms with Crippen molar-refractivity contribution >= 4 is 23.4 Å².